The van der Waals surface area contributed by atoms with Gasteiger partial charge in [-0.3, -0.25) is 4.79 Å². The molecule has 48 valence electrons. The minimum absolute atomic E-state index is 0.218. The number of hydrogen-bond donors (Lipinski definition) is 1. The fourth-order valence-electron chi connectivity index (χ4n) is 0.473. The molecule has 0 aromatic carbocycles. The van der Waals surface area contributed by atoms with E-state index in [1.807, 2.05) is 0 Å². The molecule has 1 rings (SSSR count). The summed E-state index contributed by atoms with van der Waals surface area (Å²) in [6, 6.07) is 0. The van der Waals surface area contributed by atoms with Crippen molar-refractivity contribution in [2.24, 2.45) is 5.73 Å². The van der Waals surface area contributed by atoms with Crippen LogP contribution in [0.1, 0.15) is 16.4 Å². The third-order valence-corrected chi connectivity index (χ3v) is 0.862. The lowest BCUT2D eigenvalue weighted by Gasteiger charge is -1.80. The molecule has 1 aromatic heterocycles. The number of nitrogens with zero attached hydrogens (tertiary/aromatic N) is 1. The number of nitrogens with two attached hydrogens (primary N) is 1. The van der Waals surface area contributed by atoms with Crippen LogP contribution >= 0.6 is 0 Å². The van der Waals surface area contributed by atoms with Gasteiger partial charge >= 0.3 is 0 Å². The summed E-state index contributed by atoms with van der Waals surface area (Å²) < 4.78 is 4.78. The molecule has 0 atom stereocenters. The van der Waals surface area contributed by atoms with Gasteiger partial charge in [0.25, 0.3) is 0 Å². The van der Waals surface area contributed by atoms with Crippen LogP contribution in [0.2, 0.25) is 0 Å². The Kier molecular flexibility index (Phi) is 1.60. The summed E-state index contributed by atoms with van der Waals surface area (Å²) in [5.74, 6) is 0.604. The zero-order chi connectivity index (χ0) is 6.69. The van der Waals surface area contributed by atoms with Gasteiger partial charge in [0.2, 0.25) is 5.89 Å². The van der Waals surface area contributed by atoms with E-state index in [0.717, 1.165) is 0 Å². The molecule has 1 aromatic rings. The van der Waals surface area contributed by atoms with Crippen molar-refractivity contribution in [2.75, 3.05) is 0 Å². The highest BCUT2D eigenvalue weighted by Gasteiger charge is 1.97. The summed E-state index contributed by atoms with van der Waals surface area (Å²) in [6.07, 6.45) is 1.93. The second kappa shape index (κ2) is 2.41. The summed E-state index contributed by atoms with van der Waals surface area (Å²) in [7, 11) is 0. The monoisotopic (exact) mass is 126 g/mol. The molecule has 0 spiro atoms. The Morgan fingerprint density at radius 2 is 2.67 bits per heavy atom. The fraction of sp³-hybridized carbons (Fsp3) is 0.200. The first kappa shape index (κ1) is 5.97. The number of carbonyl (C=O) groups is 1. The Labute approximate surface area is 51.7 Å². The van der Waals surface area contributed by atoms with Crippen molar-refractivity contribution in [3.05, 3.63) is 17.8 Å². The summed E-state index contributed by atoms with van der Waals surface area (Å²) in [5, 5.41) is 0. The lowest BCUT2D eigenvalue weighted by Crippen LogP contribution is -1.94. The first-order valence-electron chi connectivity index (χ1n) is 2.46. The summed E-state index contributed by atoms with van der Waals surface area (Å²) >= 11 is 0. The lowest BCUT2D eigenvalue weighted by atomic mass is 10.6. The van der Waals surface area contributed by atoms with E-state index in [2.05, 4.69) is 4.98 Å². The first-order valence-corrected chi connectivity index (χ1v) is 2.46. The molecule has 0 aliphatic heterocycles. The molecule has 1 heterocycles. The highest BCUT2D eigenvalue weighted by atomic mass is 16.4. The average Bonchev–Trinajstić information content (AvgIpc) is 2.34. The van der Waals surface area contributed by atoms with Crippen LogP contribution in [-0.2, 0) is 6.54 Å². The lowest BCUT2D eigenvalue weighted by molar-refractivity contribution is 0.109. The Morgan fingerprint density at radius 3 is 3.00 bits per heavy atom. The smallest absolute Gasteiger partial charge is 0.208 e. The third-order valence-electron chi connectivity index (χ3n) is 0.862. The maximum atomic E-state index is 9.96. The van der Waals surface area contributed by atoms with Crippen molar-refractivity contribution in [3.8, 4) is 0 Å². The van der Waals surface area contributed by atoms with Crippen molar-refractivity contribution in [3.63, 3.8) is 0 Å². The molecule has 2 N–H and O–H groups in total. The predicted octanol–water partition coefficient (Wildman–Crippen LogP) is -0.0542. The van der Waals surface area contributed by atoms with Gasteiger partial charge in [-0.25, -0.2) is 4.98 Å². The molecule has 0 saturated heterocycles. The molecule has 0 aliphatic carbocycles. The molecule has 0 bridgehead atoms. The van der Waals surface area contributed by atoms with E-state index >= 15 is 0 Å². The summed E-state index contributed by atoms with van der Waals surface area (Å²) in [6.45, 7) is 0.230. The first-order chi connectivity index (χ1) is 4.36. The van der Waals surface area contributed by atoms with Crippen LogP contribution in [0.25, 0.3) is 0 Å². The molecular weight excluding hydrogens is 120 g/mol. The number of aromatic nitrogens is 1. The van der Waals surface area contributed by atoms with Crippen LogP contribution in [-0.4, -0.2) is 11.3 Å². The van der Waals surface area contributed by atoms with Gasteiger partial charge in [-0.15, -0.1) is 0 Å². The van der Waals surface area contributed by atoms with Gasteiger partial charge in [-0.2, -0.15) is 0 Å². The highest BCUT2D eigenvalue weighted by Crippen LogP contribution is 1.97. The van der Waals surface area contributed by atoms with E-state index in [1.54, 1.807) is 0 Å². The van der Waals surface area contributed by atoms with E-state index in [1.165, 1.54) is 6.20 Å². The maximum absolute atomic E-state index is 9.96. The molecule has 0 fully saturated rings. The molecule has 0 aliphatic rings. The molecule has 0 saturated carbocycles. The van der Waals surface area contributed by atoms with E-state index in [0.29, 0.717) is 12.2 Å². The molecular formula is C5H6N2O2. The van der Waals surface area contributed by atoms with Crippen molar-refractivity contribution in [1.82, 2.24) is 4.98 Å². The van der Waals surface area contributed by atoms with Crippen LogP contribution in [0.15, 0.2) is 10.6 Å². The standard InChI is InChI=1S/C5H6N2O2/c6-1-5-7-2-4(3-8)9-5/h2-3H,1,6H2. The van der Waals surface area contributed by atoms with E-state index in [9.17, 15) is 4.79 Å². The van der Waals surface area contributed by atoms with Gasteiger partial charge in [-0.1, -0.05) is 0 Å². The Bertz CT molecular complexity index is 206. The van der Waals surface area contributed by atoms with Crippen LogP contribution < -0.4 is 5.73 Å². The number of oxazole rings is 1. The quantitative estimate of drug-likeness (QED) is 0.564. The number of hydrogen-bond acceptors (Lipinski definition) is 4. The van der Waals surface area contributed by atoms with Gasteiger partial charge in [0.05, 0.1) is 12.7 Å². The average molecular weight is 126 g/mol. The van der Waals surface area contributed by atoms with Crippen LogP contribution in [0, 0.1) is 0 Å². The summed E-state index contributed by atoms with van der Waals surface area (Å²) in [5.41, 5.74) is 5.15. The number of rotatable bonds is 2. The van der Waals surface area contributed by atoms with Crippen LogP contribution in [0.3, 0.4) is 0 Å². The van der Waals surface area contributed by atoms with Gasteiger partial charge in [0, 0.05) is 0 Å². The SMILES string of the molecule is NCc1ncc(C=O)o1. The maximum Gasteiger partial charge on any atom is 0.208 e. The van der Waals surface area contributed by atoms with Gasteiger partial charge in [-0.05, 0) is 0 Å². The van der Waals surface area contributed by atoms with Crippen molar-refractivity contribution in [1.29, 1.82) is 0 Å². The molecule has 4 nitrogen and oxygen atoms in total. The Morgan fingerprint density at radius 1 is 1.89 bits per heavy atom. The highest BCUT2D eigenvalue weighted by molar-refractivity contribution is 5.69. The van der Waals surface area contributed by atoms with Crippen molar-refractivity contribution < 1.29 is 9.21 Å². The van der Waals surface area contributed by atoms with Crippen LogP contribution in [0.4, 0.5) is 0 Å². The van der Waals surface area contributed by atoms with Gasteiger partial charge in [0.1, 0.15) is 0 Å². The molecule has 0 radical (unpaired) electrons. The van der Waals surface area contributed by atoms with E-state index in [-0.39, 0.29) is 12.3 Å². The van der Waals surface area contributed by atoms with Gasteiger partial charge < -0.3 is 10.2 Å². The minimum atomic E-state index is 0.218. The van der Waals surface area contributed by atoms with E-state index < -0.39 is 0 Å². The molecule has 0 unspecified atom stereocenters. The molecule has 4 heteroatoms. The normalized spacial score (nSPS) is 9.44. The molecule has 0 amide bonds. The largest absolute Gasteiger partial charge is 0.437 e. The van der Waals surface area contributed by atoms with E-state index in [4.69, 9.17) is 10.2 Å². The topological polar surface area (TPSA) is 69.1 Å². The number of aldehydes is 1. The fourth-order valence-corrected chi connectivity index (χ4v) is 0.473. The van der Waals surface area contributed by atoms with Gasteiger partial charge in [0.15, 0.2) is 12.0 Å². The Hall–Kier alpha value is -1.16. The second-order valence-corrected chi connectivity index (χ2v) is 1.48. The number of carbonyl (C=O) groups excluding carboxylic acids is 1. The van der Waals surface area contributed by atoms with Crippen molar-refractivity contribution in [2.45, 2.75) is 6.54 Å². The molecule has 9 heavy (non-hydrogen) atoms. The predicted molar refractivity (Wildman–Crippen MR) is 29.8 cm³/mol. The second-order valence-electron chi connectivity index (χ2n) is 1.48. The Balaban J connectivity index is 2.86. The van der Waals surface area contributed by atoms with Crippen LogP contribution in [0.5, 0.6) is 0 Å². The zero-order valence-corrected chi connectivity index (χ0v) is 4.70. The summed E-state index contributed by atoms with van der Waals surface area (Å²) in [4.78, 5) is 13.6. The van der Waals surface area contributed by atoms with Crippen molar-refractivity contribution >= 4 is 6.29 Å². The third kappa shape index (κ3) is 1.14. The minimum Gasteiger partial charge on any atom is -0.437 e. The zero-order valence-electron chi connectivity index (χ0n) is 4.70.